The highest BCUT2D eigenvalue weighted by molar-refractivity contribution is 9.10. The summed E-state index contributed by atoms with van der Waals surface area (Å²) in [5.74, 6) is -0.735. The van der Waals surface area contributed by atoms with Crippen molar-refractivity contribution in [3.05, 3.63) is 102 Å². The van der Waals surface area contributed by atoms with Crippen LogP contribution in [0, 0.1) is 10.1 Å². The molecule has 3 aromatic carbocycles. The number of imide groups is 1. The van der Waals surface area contributed by atoms with Crippen LogP contribution in [-0.2, 0) is 16.2 Å². The SMILES string of the molecule is O=C(CN1C(=O)S/C(=C/c2cc(Br)ccc2OCc2ccc([N+](=O)[O-])cc2)C1=O)Nc1ccccc1Cl. The first kappa shape index (κ1) is 26.4. The van der Waals surface area contributed by atoms with Crippen LogP contribution in [0.3, 0.4) is 0 Å². The van der Waals surface area contributed by atoms with E-state index < -0.39 is 28.5 Å². The first-order chi connectivity index (χ1) is 17.7. The van der Waals surface area contributed by atoms with Crippen LogP contribution in [0.5, 0.6) is 5.75 Å². The molecule has 1 N–H and O–H groups in total. The molecule has 0 saturated carbocycles. The van der Waals surface area contributed by atoms with Gasteiger partial charge in [0.15, 0.2) is 0 Å². The summed E-state index contributed by atoms with van der Waals surface area (Å²) in [5, 5.41) is 13.2. The molecule has 3 aromatic rings. The third-order valence-corrected chi connectivity index (χ3v) is 6.85. The minimum absolute atomic E-state index is 0.0237. The van der Waals surface area contributed by atoms with E-state index in [4.69, 9.17) is 16.3 Å². The Kier molecular flexibility index (Phi) is 8.27. The molecule has 0 aromatic heterocycles. The second-order valence-electron chi connectivity index (χ2n) is 7.69. The van der Waals surface area contributed by atoms with Gasteiger partial charge in [-0.3, -0.25) is 29.4 Å². The molecular weight excluding hydrogens is 586 g/mol. The fourth-order valence-corrected chi connectivity index (χ4v) is 4.70. The summed E-state index contributed by atoms with van der Waals surface area (Å²) in [7, 11) is 0. The van der Waals surface area contributed by atoms with Crippen molar-refractivity contribution in [1.29, 1.82) is 0 Å². The number of amides is 3. The van der Waals surface area contributed by atoms with Gasteiger partial charge in [0.2, 0.25) is 5.91 Å². The zero-order valence-corrected chi connectivity index (χ0v) is 22.0. The highest BCUT2D eigenvalue weighted by atomic mass is 79.9. The van der Waals surface area contributed by atoms with Crippen LogP contribution in [0.2, 0.25) is 5.02 Å². The third-order valence-electron chi connectivity index (χ3n) is 5.12. The zero-order valence-electron chi connectivity index (χ0n) is 18.9. The lowest BCUT2D eigenvalue weighted by atomic mass is 10.1. The molecule has 37 heavy (non-hydrogen) atoms. The number of anilines is 1. The number of thioether (sulfide) groups is 1. The van der Waals surface area contributed by atoms with Crippen LogP contribution in [0.25, 0.3) is 6.08 Å². The van der Waals surface area contributed by atoms with E-state index in [1.54, 1.807) is 54.6 Å². The van der Waals surface area contributed by atoms with Crippen LogP contribution < -0.4 is 10.1 Å². The molecule has 0 bridgehead atoms. The number of carbonyl (C=O) groups excluding carboxylic acids is 3. The fraction of sp³-hybridized carbons (Fsp3) is 0.0800. The molecule has 0 unspecified atom stereocenters. The molecule has 1 aliphatic heterocycles. The summed E-state index contributed by atoms with van der Waals surface area (Å²) in [6.45, 7) is -0.334. The van der Waals surface area contributed by atoms with Gasteiger partial charge in [-0.2, -0.15) is 0 Å². The predicted molar refractivity (Wildman–Crippen MR) is 144 cm³/mol. The van der Waals surface area contributed by atoms with Gasteiger partial charge in [-0.05, 0) is 65.9 Å². The van der Waals surface area contributed by atoms with Crippen LogP contribution >= 0.6 is 39.3 Å². The van der Waals surface area contributed by atoms with Crippen molar-refractivity contribution in [2.75, 3.05) is 11.9 Å². The summed E-state index contributed by atoms with van der Waals surface area (Å²) in [6.07, 6.45) is 1.52. The van der Waals surface area contributed by atoms with E-state index in [1.807, 2.05) is 0 Å². The number of nitrogens with zero attached hydrogens (tertiary/aromatic N) is 2. The van der Waals surface area contributed by atoms with E-state index in [0.29, 0.717) is 27.6 Å². The van der Waals surface area contributed by atoms with Gasteiger partial charge < -0.3 is 10.1 Å². The number of hydrogen-bond acceptors (Lipinski definition) is 7. The van der Waals surface area contributed by atoms with E-state index in [-0.39, 0.29) is 17.2 Å². The van der Waals surface area contributed by atoms with Crippen molar-refractivity contribution in [2.24, 2.45) is 0 Å². The Morgan fingerprint density at radius 2 is 1.86 bits per heavy atom. The molecule has 12 heteroatoms. The molecule has 1 heterocycles. The topological polar surface area (TPSA) is 119 Å². The number of halogens is 2. The quantitative estimate of drug-likeness (QED) is 0.183. The van der Waals surface area contributed by atoms with Crippen LogP contribution in [0.4, 0.5) is 16.2 Å². The molecule has 1 saturated heterocycles. The van der Waals surface area contributed by atoms with E-state index in [0.717, 1.165) is 21.1 Å². The third kappa shape index (κ3) is 6.56. The lowest BCUT2D eigenvalue weighted by Gasteiger charge is -2.13. The second kappa shape index (κ2) is 11.6. The standard InChI is InChI=1S/C25H17BrClN3O6S/c26-17-7-10-21(36-14-15-5-8-18(9-6-15)30(34)35)16(11-17)12-22-24(32)29(25(33)37-22)13-23(31)28-20-4-2-1-3-19(20)27/h1-12H,13-14H2,(H,28,31)/b22-12+. The van der Waals surface area contributed by atoms with Crippen LogP contribution in [0.15, 0.2) is 76.1 Å². The maximum absolute atomic E-state index is 12.9. The van der Waals surface area contributed by atoms with Gasteiger partial charge in [0.1, 0.15) is 18.9 Å². The molecule has 1 aliphatic rings. The van der Waals surface area contributed by atoms with E-state index >= 15 is 0 Å². The monoisotopic (exact) mass is 601 g/mol. The number of non-ortho nitro benzene ring substituents is 1. The van der Waals surface area contributed by atoms with E-state index in [1.165, 1.54) is 18.2 Å². The fourth-order valence-electron chi connectivity index (χ4n) is 3.31. The largest absolute Gasteiger partial charge is 0.488 e. The highest BCUT2D eigenvalue weighted by Gasteiger charge is 2.36. The normalized spacial score (nSPS) is 14.2. The number of nitrogens with one attached hydrogen (secondary N) is 1. The van der Waals surface area contributed by atoms with Gasteiger partial charge in [0.05, 0.1) is 20.5 Å². The Bertz CT molecular complexity index is 1430. The lowest BCUT2D eigenvalue weighted by molar-refractivity contribution is -0.384. The smallest absolute Gasteiger partial charge is 0.294 e. The predicted octanol–water partition coefficient (Wildman–Crippen LogP) is 6.26. The molecule has 9 nitrogen and oxygen atoms in total. The molecule has 0 radical (unpaired) electrons. The number of para-hydroxylation sites is 1. The Labute approximate surface area is 228 Å². The Balaban J connectivity index is 1.47. The Morgan fingerprint density at radius 3 is 2.57 bits per heavy atom. The van der Waals surface area contributed by atoms with Crippen molar-refractivity contribution >= 4 is 73.8 Å². The number of ether oxygens (including phenoxy) is 1. The number of hydrogen-bond donors (Lipinski definition) is 1. The van der Waals surface area contributed by atoms with E-state index in [9.17, 15) is 24.5 Å². The minimum Gasteiger partial charge on any atom is -0.488 e. The minimum atomic E-state index is -0.606. The summed E-state index contributed by atoms with van der Waals surface area (Å²) in [5.41, 5.74) is 1.59. The van der Waals surface area contributed by atoms with Gasteiger partial charge in [-0.25, -0.2) is 0 Å². The summed E-state index contributed by atoms with van der Waals surface area (Å²) >= 11 is 10.2. The molecule has 1 fully saturated rings. The van der Waals surface area contributed by atoms with Gasteiger partial charge in [0, 0.05) is 22.2 Å². The lowest BCUT2D eigenvalue weighted by Crippen LogP contribution is -2.36. The molecular formula is C25H17BrClN3O6S. The Hall–Kier alpha value is -3.67. The molecule has 4 rings (SSSR count). The first-order valence-electron chi connectivity index (χ1n) is 10.7. The molecule has 188 valence electrons. The van der Waals surface area contributed by atoms with Gasteiger partial charge in [-0.1, -0.05) is 39.7 Å². The van der Waals surface area contributed by atoms with Crippen molar-refractivity contribution in [2.45, 2.75) is 6.61 Å². The maximum atomic E-state index is 12.9. The summed E-state index contributed by atoms with van der Waals surface area (Å²) in [4.78, 5) is 49.2. The Morgan fingerprint density at radius 1 is 1.14 bits per heavy atom. The summed E-state index contributed by atoms with van der Waals surface area (Å²) in [6, 6.07) is 17.8. The van der Waals surface area contributed by atoms with Crippen LogP contribution in [0.1, 0.15) is 11.1 Å². The number of rotatable bonds is 8. The van der Waals surface area contributed by atoms with Gasteiger partial charge >= 0.3 is 0 Å². The van der Waals surface area contributed by atoms with Crippen molar-refractivity contribution in [3.63, 3.8) is 0 Å². The molecule has 0 atom stereocenters. The average molecular weight is 603 g/mol. The van der Waals surface area contributed by atoms with E-state index in [2.05, 4.69) is 21.2 Å². The van der Waals surface area contributed by atoms with Crippen LogP contribution in [-0.4, -0.2) is 33.4 Å². The molecule has 0 spiro atoms. The molecule has 0 aliphatic carbocycles. The highest BCUT2D eigenvalue weighted by Crippen LogP contribution is 2.35. The number of benzene rings is 3. The van der Waals surface area contributed by atoms with Gasteiger partial charge in [-0.15, -0.1) is 0 Å². The maximum Gasteiger partial charge on any atom is 0.294 e. The summed E-state index contributed by atoms with van der Waals surface area (Å²) < 4.78 is 6.61. The average Bonchev–Trinajstić information content (AvgIpc) is 3.12. The van der Waals surface area contributed by atoms with Crippen molar-refractivity contribution in [1.82, 2.24) is 4.90 Å². The first-order valence-corrected chi connectivity index (χ1v) is 12.7. The van der Waals surface area contributed by atoms with Gasteiger partial charge in [0.25, 0.3) is 16.8 Å². The number of nitro benzene ring substituents is 1. The second-order valence-corrected chi connectivity index (χ2v) is 10.0. The number of carbonyl (C=O) groups is 3. The number of nitro groups is 1. The van der Waals surface area contributed by atoms with Crippen molar-refractivity contribution in [3.8, 4) is 5.75 Å². The van der Waals surface area contributed by atoms with Crippen molar-refractivity contribution < 1.29 is 24.0 Å². The zero-order chi connectivity index (χ0) is 26.5. The molecule has 3 amide bonds.